The minimum absolute atomic E-state index is 0. The largest absolute Gasteiger partial charge is 0.393 e. The maximum atomic E-state index is 12.6. The number of alkyl halides is 3. The van der Waals surface area contributed by atoms with Gasteiger partial charge in [0.2, 0.25) is 0 Å². The Morgan fingerprint density at radius 1 is 0.359 bits per heavy atom. The second kappa shape index (κ2) is 32.7. The summed E-state index contributed by atoms with van der Waals surface area (Å²) in [6.45, 7) is 52.2. The number of likely N-dealkylation sites (tertiary alicyclic amines) is 5. The number of halogens is 3. The highest BCUT2D eigenvalue weighted by atomic mass is 19.4. The van der Waals surface area contributed by atoms with Crippen molar-refractivity contribution in [3.05, 3.63) is 0 Å². The summed E-state index contributed by atoms with van der Waals surface area (Å²) in [7, 11) is 0. The smallest absolute Gasteiger partial charge is 0.346 e. The van der Waals surface area contributed by atoms with E-state index >= 15 is 0 Å². The molecule has 0 amide bonds. The molecule has 3 aliphatic carbocycles. The molecule has 0 bridgehead atoms. The number of hydrogen-bond donors (Lipinski definition) is 0. The molecule has 9 aliphatic rings. The molecule has 0 radical (unpaired) electrons. The fourth-order valence-corrected chi connectivity index (χ4v) is 15.2. The van der Waals surface area contributed by atoms with Gasteiger partial charge in [0.25, 0.3) is 0 Å². The van der Waals surface area contributed by atoms with Crippen molar-refractivity contribution in [2.45, 2.75) is 345 Å². The Kier molecular flexibility index (Phi) is 33.4. The highest BCUT2D eigenvalue weighted by molar-refractivity contribution is 5.06. The van der Waals surface area contributed by atoms with Gasteiger partial charge in [0.15, 0.2) is 5.79 Å². The van der Waals surface area contributed by atoms with Crippen molar-refractivity contribution >= 4 is 0 Å². The van der Waals surface area contributed by atoms with Crippen molar-refractivity contribution in [1.29, 1.82) is 0 Å². The first-order valence-corrected chi connectivity index (χ1v) is 30.5. The van der Waals surface area contributed by atoms with Crippen LogP contribution < -0.4 is 0 Å². The van der Waals surface area contributed by atoms with Gasteiger partial charge in [-0.3, -0.25) is 24.5 Å². The van der Waals surface area contributed by atoms with E-state index in [1.165, 1.54) is 96.7 Å². The van der Waals surface area contributed by atoms with E-state index in [0.717, 1.165) is 96.4 Å². The van der Waals surface area contributed by atoms with Crippen molar-refractivity contribution in [3.63, 3.8) is 0 Å². The van der Waals surface area contributed by atoms with E-state index in [-0.39, 0.29) is 75.4 Å². The van der Waals surface area contributed by atoms with E-state index in [0.29, 0.717) is 23.9 Å². The molecule has 0 N–H and O–H groups in total. The molecule has 0 aromatic rings. The van der Waals surface area contributed by atoms with E-state index in [4.69, 9.17) is 9.47 Å². The van der Waals surface area contributed by atoms with Crippen LogP contribution in [0, 0.1) is 51.8 Å². The Bertz CT molecular complexity index is 1460. The van der Waals surface area contributed by atoms with Gasteiger partial charge in [0.05, 0.1) is 25.7 Å². The van der Waals surface area contributed by atoms with Gasteiger partial charge >= 0.3 is 6.18 Å². The molecule has 3 saturated carbocycles. The Morgan fingerprint density at radius 2 is 0.641 bits per heavy atom. The Balaban J connectivity index is 0. The van der Waals surface area contributed by atoms with Crippen LogP contribution in [-0.2, 0) is 9.47 Å². The third-order valence-corrected chi connectivity index (χ3v) is 20.0. The lowest BCUT2D eigenvalue weighted by atomic mass is 9.67. The summed E-state index contributed by atoms with van der Waals surface area (Å²) in [6.07, 6.45) is 15.1. The molecule has 1 unspecified atom stereocenters. The number of nitrogens with zero attached hydrogens (tertiary/aromatic N) is 5. The number of rotatable bonds is 10. The lowest BCUT2D eigenvalue weighted by Crippen LogP contribution is -2.40. The zero-order valence-electron chi connectivity index (χ0n) is 50.8. The third kappa shape index (κ3) is 20.1. The first-order valence-electron chi connectivity index (χ1n) is 30.5. The van der Waals surface area contributed by atoms with Gasteiger partial charge < -0.3 is 9.47 Å². The highest BCUT2D eigenvalue weighted by Gasteiger charge is 2.54. The molecule has 10 heteroatoms. The molecule has 0 aromatic heterocycles. The van der Waals surface area contributed by atoms with Crippen molar-refractivity contribution in [2.75, 3.05) is 45.9 Å². The van der Waals surface area contributed by atoms with E-state index in [1.807, 2.05) is 32.6 Å². The molecule has 6 atom stereocenters. The first kappa shape index (κ1) is 79.6. The second-order valence-corrected chi connectivity index (χ2v) is 28.9. The molecule has 6 heterocycles. The summed E-state index contributed by atoms with van der Waals surface area (Å²) in [5, 5.41) is 0. The Hall–Kier alpha value is -0.490. The van der Waals surface area contributed by atoms with Gasteiger partial charge in [-0.05, 0) is 179 Å². The van der Waals surface area contributed by atoms with Crippen molar-refractivity contribution < 1.29 is 22.6 Å². The summed E-state index contributed by atoms with van der Waals surface area (Å²) in [6, 6.07) is 6.24. The molecule has 7 nitrogen and oxygen atoms in total. The average Bonchev–Trinajstić information content (AvgIpc) is 4.04. The van der Waals surface area contributed by atoms with Crippen LogP contribution in [0.2, 0.25) is 0 Å². The summed E-state index contributed by atoms with van der Waals surface area (Å²) in [5.74, 6) is 2.04. The van der Waals surface area contributed by atoms with Crippen LogP contribution in [0.5, 0.6) is 0 Å². The van der Waals surface area contributed by atoms with Crippen molar-refractivity contribution in [2.24, 2.45) is 51.8 Å². The molecule has 6 saturated heterocycles. The number of hydrogen-bond acceptors (Lipinski definition) is 7. The van der Waals surface area contributed by atoms with Gasteiger partial charge in [0, 0.05) is 93.0 Å². The van der Waals surface area contributed by atoms with Crippen molar-refractivity contribution in [1.82, 2.24) is 24.5 Å². The summed E-state index contributed by atoms with van der Waals surface area (Å²) in [4.78, 5) is 12.8. The van der Waals surface area contributed by atoms with Crippen LogP contribution in [-0.4, -0.2) is 143 Å². The maximum Gasteiger partial charge on any atom is 0.393 e. The average molecular weight is 1120 g/mol. The monoisotopic (exact) mass is 1120 g/mol. The Morgan fingerprint density at radius 3 is 0.859 bits per heavy atom. The molecular weight excluding hydrogens is 976 g/mol. The van der Waals surface area contributed by atoms with Crippen LogP contribution in [0.4, 0.5) is 13.2 Å². The standard InChI is InChI=1S/C14H27N.C13H25N.C12H23NO2.C12H23N.C11H20F3N.6CH4/c1-11(2)13-9-14(7-5-6-8-14)10-15(13)12(3)4;1-10(2)12-8-13(6-5-7-13)9-14(12)11(3)4;1-9(2)11-7-12(14-5-6-15-12)8-13(11)10(3)4;1-9(2)11-7-12(5-6-12)8-13(11)10(3)4;1-7(2)10-5-9(11(12,13)14)6-15(10)8(3)4;;;;;;/h11-13H,5-10H2,1-4H3;10-12H,5-9H2,1-4H3;9-11H,5-8H2,1-4H3;9-11H,5-8H2,1-4H3;7-10H,5-6H2,1-4H3;6*1H4/t13-;12-;2*11-;9?,10-;;;;;;/m00000....../s1. The molecule has 4 spiro atoms. The zero-order chi connectivity index (χ0) is 53.9. The fraction of sp³-hybridized carbons (Fsp3) is 1.00. The van der Waals surface area contributed by atoms with E-state index in [9.17, 15) is 13.2 Å². The van der Waals surface area contributed by atoms with Gasteiger partial charge in [-0.2, -0.15) is 13.2 Å². The number of ether oxygens (including phenoxy) is 2. The van der Waals surface area contributed by atoms with Gasteiger partial charge in [-0.15, -0.1) is 0 Å². The summed E-state index contributed by atoms with van der Waals surface area (Å²) in [5.41, 5.74) is 2.25. The van der Waals surface area contributed by atoms with Gasteiger partial charge in [-0.25, -0.2) is 0 Å². The van der Waals surface area contributed by atoms with Crippen LogP contribution in [0.3, 0.4) is 0 Å². The lowest BCUT2D eigenvalue weighted by molar-refractivity contribution is -0.171. The van der Waals surface area contributed by atoms with Crippen LogP contribution in [0.1, 0.15) is 273 Å². The SMILES string of the molecule is C.C.C.C.C.C.CC(C)[C@@H]1CC(C(F)(F)F)CN1C(C)C.CC(C)[C@@H]1CC2(CC2)CN1C(C)C.CC(C)[C@@H]1CC2(CCC2)CN1C(C)C.CC(C)[C@@H]1CC2(CCCC2)CN1C(C)C.CC(C)[C@@H]1CC2(CN1C(C)C)OCCO2. The minimum atomic E-state index is -4.03. The van der Waals surface area contributed by atoms with Gasteiger partial charge in [-0.1, -0.05) is 133 Å². The predicted octanol–water partition coefficient (Wildman–Crippen LogP) is 18.9. The molecule has 472 valence electrons. The van der Waals surface area contributed by atoms with E-state index < -0.39 is 12.1 Å². The molecule has 0 aromatic carbocycles. The van der Waals surface area contributed by atoms with Crippen LogP contribution >= 0.6 is 0 Å². The minimum Gasteiger partial charge on any atom is -0.346 e. The molecule has 6 aliphatic heterocycles. The van der Waals surface area contributed by atoms with Crippen molar-refractivity contribution in [3.8, 4) is 0 Å². The second-order valence-electron chi connectivity index (χ2n) is 28.9. The molecule has 78 heavy (non-hydrogen) atoms. The summed E-state index contributed by atoms with van der Waals surface area (Å²) >= 11 is 0. The van der Waals surface area contributed by atoms with Crippen LogP contribution in [0.15, 0.2) is 0 Å². The molecular formula is C68H142F3N5O2. The van der Waals surface area contributed by atoms with E-state index in [1.54, 1.807) is 0 Å². The predicted molar refractivity (Wildman–Crippen MR) is 339 cm³/mol. The third-order valence-electron chi connectivity index (χ3n) is 20.0. The summed E-state index contributed by atoms with van der Waals surface area (Å²) < 4.78 is 49.4. The topological polar surface area (TPSA) is 34.7 Å². The van der Waals surface area contributed by atoms with Crippen LogP contribution in [0.25, 0.3) is 0 Å². The highest BCUT2D eigenvalue weighted by Crippen LogP contribution is 2.56. The van der Waals surface area contributed by atoms with Gasteiger partial charge in [0.1, 0.15) is 0 Å². The maximum absolute atomic E-state index is 12.6. The Labute approximate surface area is 488 Å². The first-order chi connectivity index (χ1) is 33.4. The quantitative estimate of drug-likeness (QED) is 0.216. The fourth-order valence-electron chi connectivity index (χ4n) is 15.2. The van der Waals surface area contributed by atoms with E-state index in [2.05, 4.69) is 130 Å². The lowest BCUT2D eigenvalue weighted by Gasteiger charge is -2.38. The normalized spacial score (nSPS) is 28.7. The molecule has 9 fully saturated rings. The zero-order valence-corrected chi connectivity index (χ0v) is 50.8. The molecule has 9 rings (SSSR count).